The molecule has 0 saturated carbocycles. The number of para-hydroxylation sites is 3. The SMILES string of the molecule is Cc1c2c(nn1C)COCc1nc3ccccc3nc1Cn1c(C(=O)O)c(CCCOc3cccc4ccccc34)c3cccc-2c31. The number of hydrogen-bond donors (Lipinski definition) is 1. The third-order valence-corrected chi connectivity index (χ3v) is 9.15. The second kappa shape index (κ2) is 11.7. The van der Waals surface area contributed by atoms with Gasteiger partial charge >= 0.3 is 5.97 Å². The van der Waals surface area contributed by atoms with Gasteiger partial charge in [-0.2, -0.15) is 5.10 Å². The topological polar surface area (TPSA) is 104 Å². The summed E-state index contributed by atoms with van der Waals surface area (Å²) in [7, 11) is 1.92. The molecule has 234 valence electrons. The molecule has 0 atom stereocenters. The van der Waals surface area contributed by atoms with Crippen molar-refractivity contribution >= 4 is 38.7 Å². The van der Waals surface area contributed by atoms with Gasteiger partial charge in [0.05, 0.1) is 60.0 Å². The van der Waals surface area contributed by atoms with Crippen LogP contribution in [-0.2, 0) is 38.0 Å². The first-order chi connectivity index (χ1) is 23.0. The predicted octanol–water partition coefficient (Wildman–Crippen LogP) is 7.23. The Morgan fingerprint density at radius 3 is 2.40 bits per heavy atom. The second-order valence-electron chi connectivity index (χ2n) is 12.0. The fourth-order valence-corrected chi connectivity index (χ4v) is 6.93. The largest absolute Gasteiger partial charge is 0.493 e. The van der Waals surface area contributed by atoms with Gasteiger partial charge in [0.1, 0.15) is 11.4 Å². The van der Waals surface area contributed by atoms with Crippen LogP contribution in [0.15, 0.2) is 84.9 Å². The van der Waals surface area contributed by atoms with E-state index in [4.69, 9.17) is 24.5 Å². The van der Waals surface area contributed by atoms with E-state index in [-0.39, 0.29) is 25.5 Å². The van der Waals surface area contributed by atoms with Gasteiger partial charge in [0.25, 0.3) is 0 Å². The van der Waals surface area contributed by atoms with Crippen molar-refractivity contribution in [1.29, 1.82) is 0 Å². The van der Waals surface area contributed by atoms with E-state index in [2.05, 4.69) is 24.3 Å². The molecule has 0 radical (unpaired) electrons. The Balaban J connectivity index is 1.27. The summed E-state index contributed by atoms with van der Waals surface area (Å²) in [5.41, 5.74) is 8.40. The molecule has 47 heavy (non-hydrogen) atoms. The number of carboxylic acids is 1. The standard InChI is InChI=1S/C38H33N5O4/c1-23-35-28-14-8-13-26-27(15-9-19-47-34-18-7-11-24-10-3-4-12-25(24)34)37(38(44)45)43(36(26)28)20-31-32(21-46-22-33(35)41-42(23)2)40-30-17-6-5-16-29(30)39-31/h3-8,10-14,16-18H,9,15,19-22H2,1-2H3,(H,44,45). The molecule has 7 aromatic rings. The number of carbonyl (C=O) groups is 1. The molecule has 3 aromatic heterocycles. The molecule has 1 aliphatic rings. The number of hydrogen-bond acceptors (Lipinski definition) is 6. The maximum atomic E-state index is 13.2. The number of aryl methyl sites for hydroxylation is 2. The zero-order valence-electron chi connectivity index (χ0n) is 26.2. The lowest BCUT2D eigenvalue weighted by Crippen LogP contribution is -2.15. The number of rotatable bonds is 6. The highest BCUT2D eigenvalue weighted by Crippen LogP contribution is 2.39. The molecule has 0 saturated heterocycles. The fourth-order valence-electron chi connectivity index (χ4n) is 6.93. The molecule has 0 aliphatic carbocycles. The van der Waals surface area contributed by atoms with Crippen LogP contribution in [0.4, 0.5) is 0 Å². The number of carboxylic acid groups (broad SMARTS) is 1. The number of aromatic carboxylic acids is 1. The van der Waals surface area contributed by atoms with Crippen molar-refractivity contribution in [1.82, 2.24) is 24.3 Å². The zero-order chi connectivity index (χ0) is 32.1. The zero-order valence-corrected chi connectivity index (χ0v) is 26.2. The summed E-state index contributed by atoms with van der Waals surface area (Å²) >= 11 is 0. The molecule has 0 bridgehead atoms. The molecule has 1 N–H and O–H groups in total. The maximum Gasteiger partial charge on any atom is 0.352 e. The Hall–Kier alpha value is -5.54. The number of nitrogens with zero attached hydrogens (tertiary/aromatic N) is 5. The van der Waals surface area contributed by atoms with Gasteiger partial charge < -0.3 is 19.1 Å². The van der Waals surface area contributed by atoms with E-state index >= 15 is 0 Å². The smallest absolute Gasteiger partial charge is 0.352 e. The number of benzene rings is 4. The summed E-state index contributed by atoms with van der Waals surface area (Å²) in [5.74, 6) is -0.161. The quantitative estimate of drug-likeness (QED) is 0.195. The fraction of sp³-hybridized carbons (Fsp3) is 0.211. The first-order valence-electron chi connectivity index (χ1n) is 15.8. The van der Waals surface area contributed by atoms with E-state index in [0.717, 1.165) is 66.5 Å². The Labute approximate surface area is 271 Å². The average molecular weight is 624 g/mol. The summed E-state index contributed by atoms with van der Waals surface area (Å²) in [6.07, 6.45) is 1.16. The van der Waals surface area contributed by atoms with Crippen molar-refractivity contribution < 1.29 is 19.4 Å². The van der Waals surface area contributed by atoms with Crippen LogP contribution >= 0.6 is 0 Å². The Kier molecular flexibility index (Phi) is 7.18. The summed E-state index contributed by atoms with van der Waals surface area (Å²) in [5, 5.41) is 18.7. The van der Waals surface area contributed by atoms with Gasteiger partial charge in [-0.3, -0.25) is 4.68 Å². The maximum absolute atomic E-state index is 13.2. The lowest BCUT2D eigenvalue weighted by molar-refractivity contribution is 0.0684. The first kappa shape index (κ1) is 28.9. The molecule has 0 spiro atoms. The van der Waals surface area contributed by atoms with Gasteiger partial charge in [0.15, 0.2) is 0 Å². The lowest BCUT2D eigenvalue weighted by Gasteiger charge is -2.14. The predicted molar refractivity (Wildman–Crippen MR) is 181 cm³/mol. The van der Waals surface area contributed by atoms with Crippen LogP contribution in [0.5, 0.6) is 5.75 Å². The van der Waals surface area contributed by atoms with Gasteiger partial charge in [-0.05, 0) is 48.9 Å². The van der Waals surface area contributed by atoms with Crippen LogP contribution in [0.3, 0.4) is 0 Å². The molecule has 9 heteroatoms. The minimum Gasteiger partial charge on any atom is -0.493 e. The summed E-state index contributed by atoms with van der Waals surface area (Å²) in [4.78, 5) is 23.2. The van der Waals surface area contributed by atoms with E-state index in [1.165, 1.54) is 0 Å². The van der Waals surface area contributed by atoms with Crippen molar-refractivity contribution in [2.75, 3.05) is 6.61 Å². The first-order valence-corrected chi connectivity index (χ1v) is 15.8. The monoisotopic (exact) mass is 623 g/mol. The van der Waals surface area contributed by atoms with E-state index in [1.54, 1.807) is 0 Å². The van der Waals surface area contributed by atoms with Crippen LogP contribution < -0.4 is 4.74 Å². The van der Waals surface area contributed by atoms with E-state index < -0.39 is 5.97 Å². The van der Waals surface area contributed by atoms with Crippen LogP contribution in [0.1, 0.15) is 45.2 Å². The van der Waals surface area contributed by atoms with Crippen molar-refractivity contribution in [3.05, 3.63) is 119 Å². The molecule has 0 amide bonds. The van der Waals surface area contributed by atoms with Crippen LogP contribution in [0.25, 0.3) is 43.8 Å². The van der Waals surface area contributed by atoms with Crippen molar-refractivity contribution in [2.24, 2.45) is 7.05 Å². The van der Waals surface area contributed by atoms with Crippen molar-refractivity contribution in [2.45, 2.75) is 39.5 Å². The van der Waals surface area contributed by atoms with Crippen LogP contribution in [0.2, 0.25) is 0 Å². The van der Waals surface area contributed by atoms with E-state index in [9.17, 15) is 9.90 Å². The Bertz CT molecular complexity index is 2330. The van der Waals surface area contributed by atoms with Crippen LogP contribution in [-0.4, -0.2) is 42.0 Å². The molecule has 4 aromatic carbocycles. The molecular formula is C38H33N5O4. The van der Waals surface area contributed by atoms with Crippen molar-refractivity contribution in [3.63, 3.8) is 0 Å². The summed E-state index contributed by atoms with van der Waals surface area (Å²) in [6.45, 7) is 3.22. The second-order valence-corrected chi connectivity index (χ2v) is 12.0. The molecule has 9 nitrogen and oxygen atoms in total. The van der Waals surface area contributed by atoms with Crippen LogP contribution in [0, 0.1) is 6.92 Å². The average Bonchev–Trinajstić information content (AvgIpc) is 3.54. The molecule has 0 unspecified atom stereocenters. The molecule has 1 aliphatic heterocycles. The highest BCUT2D eigenvalue weighted by Gasteiger charge is 2.28. The minimum atomic E-state index is -0.985. The normalized spacial score (nSPS) is 13.0. The highest BCUT2D eigenvalue weighted by atomic mass is 16.5. The molecule has 4 heterocycles. The number of ether oxygens (including phenoxy) is 2. The van der Waals surface area contributed by atoms with Gasteiger partial charge in [0.2, 0.25) is 0 Å². The van der Waals surface area contributed by atoms with Crippen molar-refractivity contribution in [3.8, 4) is 16.9 Å². The van der Waals surface area contributed by atoms with Gasteiger partial charge in [0, 0.05) is 34.6 Å². The summed E-state index contributed by atoms with van der Waals surface area (Å²) in [6, 6.07) is 28.0. The Morgan fingerprint density at radius 2 is 1.57 bits per heavy atom. The third-order valence-electron chi connectivity index (χ3n) is 9.15. The van der Waals surface area contributed by atoms with Gasteiger partial charge in [-0.25, -0.2) is 14.8 Å². The Morgan fingerprint density at radius 1 is 0.872 bits per heavy atom. The summed E-state index contributed by atoms with van der Waals surface area (Å²) < 4.78 is 16.3. The van der Waals surface area contributed by atoms with Gasteiger partial charge in [-0.15, -0.1) is 0 Å². The third kappa shape index (κ3) is 4.99. The number of fused-ring (bicyclic) bond motifs is 5. The minimum absolute atomic E-state index is 0.226. The van der Waals surface area contributed by atoms with E-state index in [0.29, 0.717) is 30.8 Å². The number of aromatic nitrogens is 5. The highest BCUT2D eigenvalue weighted by molar-refractivity contribution is 6.04. The molecular weight excluding hydrogens is 590 g/mol. The van der Waals surface area contributed by atoms with E-state index in [1.807, 2.05) is 83.9 Å². The molecule has 0 fully saturated rings. The molecule has 8 rings (SSSR count). The lowest BCUT2D eigenvalue weighted by atomic mass is 9.98. The van der Waals surface area contributed by atoms with Gasteiger partial charge in [-0.1, -0.05) is 66.7 Å².